The first-order valence-electron chi connectivity index (χ1n) is 11.6. The molecule has 0 fully saturated rings. The van der Waals surface area contributed by atoms with Gasteiger partial charge in [0.05, 0.1) is 22.3 Å². The second-order valence-electron chi connectivity index (χ2n) is 9.12. The van der Waals surface area contributed by atoms with Crippen molar-refractivity contribution in [1.29, 1.82) is 0 Å². The number of anilines is 2. The number of Topliss-reactive ketones (excluding diaryl/α,β-unsaturated/α-hetero) is 1. The van der Waals surface area contributed by atoms with Gasteiger partial charge in [0, 0.05) is 36.7 Å². The smallest absolute Gasteiger partial charge is 0.269 e. The van der Waals surface area contributed by atoms with Crippen molar-refractivity contribution >= 4 is 28.8 Å². The summed E-state index contributed by atoms with van der Waals surface area (Å²) in [7, 11) is 0. The molecule has 7 heteroatoms. The van der Waals surface area contributed by atoms with E-state index in [2.05, 4.69) is 5.32 Å². The normalized spacial score (nSPS) is 19.4. The van der Waals surface area contributed by atoms with Crippen LogP contribution >= 0.6 is 0 Å². The monoisotopic (exact) mass is 467 g/mol. The Balaban J connectivity index is 1.67. The minimum absolute atomic E-state index is 0.00850. The number of benzene rings is 3. The molecule has 35 heavy (non-hydrogen) atoms. The molecule has 0 radical (unpaired) electrons. The van der Waals surface area contributed by atoms with Crippen LogP contribution in [0.5, 0.6) is 0 Å². The lowest BCUT2D eigenvalue weighted by Gasteiger charge is -2.34. The number of aryl methyl sites for hydroxylation is 1. The third-order valence-electron chi connectivity index (χ3n) is 6.77. The van der Waals surface area contributed by atoms with Crippen molar-refractivity contribution in [3.05, 3.63) is 111 Å². The molecule has 0 aromatic heterocycles. The lowest BCUT2D eigenvalue weighted by atomic mass is 9.78. The standard InChI is InChI=1S/C28H25N3O4/c1-17-10-12-19(13-11-17)28-27-24(29-23-8-3-4-9-25(23)30(28)18(2)32)15-21(16-26(27)33)20-6-5-7-22(14-20)31(34)35/h3-14,21,28-29H,15-16H2,1-2H3/t21-,28+/m1/s1. The first-order chi connectivity index (χ1) is 16.8. The molecule has 2 aliphatic rings. The summed E-state index contributed by atoms with van der Waals surface area (Å²) in [5, 5.41) is 14.8. The number of fused-ring (bicyclic) bond motifs is 1. The van der Waals surface area contributed by atoms with Crippen LogP contribution in [0.15, 0.2) is 84.1 Å². The highest BCUT2D eigenvalue weighted by Gasteiger charge is 2.40. The third kappa shape index (κ3) is 4.10. The van der Waals surface area contributed by atoms with Crippen molar-refractivity contribution in [2.45, 2.75) is 38.6 Å². The summed E-state index contributed by atoms with van der Waals surface area (Å²) in [6.45, 7) is 3.51. The number of hydrogen-bond donors (Lipinski definition) is 1. The summed E-state index contributed by atoms with van der Waals surface area (Å²) in [4.78, 5) is 39.4. The van der Waals surface area contributed by atoms with Gasteiger partial charge in [-0.05, 0) is 42.5 Å². The highest BCUT2D eigenvalue weighted by Crippen LogP contribution is 2.47. The Morgan fingerprint density at radius 1 is 1.00 bits per heavy atom. The number of carbonyl (C=O) groups excluding carboxylic acids is 2. The van der Waals surface area contributed by atoms with E-state index in [1.165, 1.54) is 13.0 Å². The van der Waals surface area contributed by atoms with Crippen LogP contribution in [0.25, 0.3) is 0 Å². The summed E-state index contributed by atoms with van der Waals surface area (Å²) < 4.78 is 0. The summed E-state index contributed by atoms with van der Waals surface area (Å²) in [6.07, 6.45) is 0.719. The molecule has 1 amide bonds. The molecule has 5 rings (SSSR count). The van der Waals surface area contributed by atoms with Gasteiger partial charge in [0.15, 0.2) is 5.78 Å². The van der Waals surface area contributed by atoms with Crippen LogP contribution in [0.4, 0.5) is 17.1 Å². The Kier molecular flexibility index (Phi) is 5.68. The number of nitro benzene ring substituents is 1. The Morgan fingerprint density at radius 2 is 1.74 bits per heavy atom. The number of hydrogen-bond acceptors (Lipinski definition) is 5. The zero-order chi connectivity index (χ0) is 24.7. The van der Waals surface area contributed by atoms with E-state index in [0.717, 1.165) is 28.1 Å². The molecule has 2 atom stereocenters. The van der Waals surface area contributed by atoms with Crippen LogP contribution in [0, 0.1) is 17.0 Å². The molecule has 1 aliphatic carbocycles. The van der Waals surface area contributed by atoms with Crippen LogP contribution in [-0.2, 0) is 9.59 Å². The molecular weight excluding hydrogens is 442 g/mol. The van der Waals surface area contributed by atoms with E-state index in [-0.39, 0.29) is 29.7 Å². The van der Waals surface area contributed by atoms with Gasteiger partial charge in [-0.25, -0.2) is 0 Å². The topological polar surface area (TPSA) is 92.6 Å². The lowest BCUT2D eigenvalue weighted by molar-refractivity contribution is -0.384. The van der Waals surface area contributed by atoms with Gasteiger partial charge in [0.2, 0.25) is 5.91 Å². The average Bonchev–Trinajstić information content (AvgIpc) is 2.99. The van der Waals surface area contributed by atoms with Gasteiger partial charge < -0.3 is 5.32 Å². The summed E-state index contributed by atoms with van der Waals surface area (Å²) in [5.41, 5.74) is 5.49. The molecule has 1 N–H and O–H groups in total. The molecule has 0 spiro atoms. The number of ketones is 1. The predicted octanol–water partition coefficient (Wildman–Crippen LogP) is 5.82. The molecular formula is C28H25N3O4. The molecule has 0 bridgehead atoms. The molecule has 0 saturated heterocycles. The van der Waals surface area contributed by atoms with E-state index in [0.29, 0.717) is 17.7 Å². The van der Waals surface area contributed by atoms with E-state index >= 15 is 0 Å². The minimum Gasteiger partial charge on any atom is -0.357 e. The molecule has 1 aliphatic heterocycles. The number of nitrogens with zero attached hydrogens (tertiary/aromatic N) is 2. The van der Waals surface area contributed by atoms with Gasteiger partial charge in [-0.1, -0.05) is 54.1 Å². The van der Waals surface area contributed by atoms with Crippen molar-refractivity contribution in [1.82, 2.24) is 0 Å². The Hall–Kier alpha value is -4.26. The van der Waals surface area contributed by atoms with Gasteiger partial charge in [0.1, 0.15) is 0 Å². The first kappa shape index (κ1) is 22.5. The van der Waals surface area contributed by atoms with Crippen LogP contribution in [0.3, 0.4) is 0 Å². The average molecular weight is 468 g/mol. The van der Waals surface area contributed by atoms with Crippen molar-refractivity contribution < 1.29 is 14.5 Å². The maximum Gasteiger partial charge on any atom is 0.269 e. The minimum atomic E-state index is -0.571. The van der Waals surface area contributed by atoms with E-state index in [1.54, 1.807) is 17.0 Å². The highest BCUT2D eigenvalue weighted by molar-refractivity contribution is 6.06. The maximum absolute atomic E-state index is 13.8. The predicted molar refractivity (Wildman–Crippen MR) is 134 cm³/mol. The fourth-order valence-electron chi connectivity index (χ4n) is 5.13. The first-order valence-corrected chi connectivity index (χ1v) is 11.6. The molecule has 3 aromatic rings. The highest BCUT2D eigenvalue weighted by atomic mass is 16.6. The van der Waals surface area contributed by atoms with Gasteiger partial charge in [-0.3, -0.25) is 24.6 Å². The second kappa shape index (κ2) is 8.83. The molecule has 7 nitrogen and oxygen atoms in total. The van der Waals surface area contributed by atoms with Gasteiger partial charge in [0.25, 0.3) is 5.69 Å². The van der Waals surface area contributed by atoms with Crippen LogP contribution < -0.4 is 10.2 Å². The second-order valence-corrected chi connectivity index (χ2v) is 9.12. The van der Waals surface area contributed by atoms with E-state index in [1.807, 2.05) is 61.5 Å². The summed E-state index contributed by atoms with van der Waals surface area (Å²) in [5.74, 6) is -0.435. The number of nitro groups is 1. The quantitative estimate of drug-likeness (QED) is 0.387. The van der Waals surface area contributed by atoms with Gasteiger partial charge >= 0.3 is 0 Å². The number of para-hydroxylation sites is 2. The van der Waals surface area contributed by atoms with Crippen molar-refractivity contribution in [2.24, 2.45) is 0 Å². The summed E-state index contributed by atoms with van der Waals surface area (Å²) in [6, 6.07) is 21.4. The fourth-order valence-corrected chi connectivity index (χ4v) is 5.13. The Bertz CT molecular complexity index is 1380. The number of allylic oxidation sites excluding steroid dienone is 1. The molecule has 176 valence electrons. The maximum atomic E-state index is 13.8. The van der Waals surface area contributed by atoms with Crippen molar-refractivity contribution in [3.63, 3.8) is 0 Å². The SMILES string of the molecule is CC(=O)N1c2ccccc2NC2=C(C(=O)C[C@H](c3cccc([N+](=O)[O-])c3)C2)[C@@H]1c1ccc(C)cc1. The van der Waals surface area contributed by atoms with Gasteiger partial charge in [-0.15, -0.1) is 0 Å². The summed E-state index contributed by atoms with van der Waals surface area (Å²) >= 11 is 0. The van der Waals surface area contributed by atoms with Crippen LogP contribution in [-0.4, -0.2) is 16.6 Å². The van der Waals surface area contributed by atoms with Gasteiger partial charge in [-0.2, -0.15) is 0 Å². The van der Waals surface area contributed by atoms with E-state index < -0.39 is 11.0 Å². The van der Waals surface area contributed by atoms with Crippen LogP contribution in [0.2, 0.25) is 0 Å². The van der Waals surface area contributed by atoms with E-state index in [4.69, 9.17) is 0 Å². The number of carbonyl (C=O) groups is 2. The largest absolute Gasteiger partial charge is 0.357 e. The zero-order valence-corrected chi connectivity index (χ0v) is 19.5. The third-order valence-corrected chi connectivity index (χ3v) is 6.77. The molecule has 3 aromatic carbocycles. The molecule has 1 heterocycles. The number of non-ortho nitro benzene ring substituents is 1. The van der Waals surface area contributed by atoms with E-state index in [9.17, 15) is 19.7 Å². The fraction of sp³-hybridized carbons (Fsp3) is 0.214. The zero-order valence-electron chi connectivity index (χ0n) is 19.5. The molecule has 0 saturated carbocycles. The Labute approximate surface area is 203 Å². The lowest BCUT2D eigenvalue weighted by Crippen LogP contribution is -2.37. The number of rotatable bonds is 3. The number of amides is 1. The van der Waals surface area contributed by atoms with Crippen molar-refractivity contribution in [3.8, 4) is 0 Å². The number of nitrogens with one attached hydrogen (secondary N) is 1. The van der Waals surface area contributed by atoms with Crippen LogP contribution in [0.1, 0.15) is 48.4 Å². The molecule has 0 unspecified atom stereocenters. The van der Waals surface area contributed by atoms with Crippen molar-refractivity contribution in [2.75, 3.05) is 10.2 Å². The Morgan fingerprint density at radius 3 is 2.46 bits per heavy atom.